The number of benzene rings is 2. The largest absolute Gasteiger partial charge is 0.497 e. The zero-order valence-corrected chi connectivity index (χ0v) is 14.8. The van der Waals surface area contributed by atoms with E-state index in [2.05, 4.69) is 45.5 Å². The van der Waals surface area contributed by atoms with Crippen molar-refractivity contribution in [3.63, 3.8) is 0 Å². The molecule has 1 aromatic heterocycles. The highest BCUT2D eigenvalue weighted by Crippen LogP contribution is 2.27. The van der Waals surface area contributed by atoms with Crippen LogP contribution in [0.3, 0.4) is 0 Å². The van der Waals surface area contributed by atoms with Gasteiger partial charge in [-0.15, -0.1) is 5.10 Å². The van der Waals surface area contributed by atoms with Crippen LogP contribution in [0.15, 0.2) is 60.8 Å². The average Bonchev–Trinajstić information content (AvgIpc) is 3.32. The van der Waals surface area contributed by atoms with Gasteiger partial charge in [0, 0.05) is 13.1 Å². The number of rotatable bonds is 6. The van der Waals surface area contributed by atoms with Crippen molar-refractivity contribution in [1.82, 2.24) is 19.9 Å². The molecule has 2 heterocycles. The van der Waals surface area contributed by atoms with Crippen LogP contribution in [-0.4, -0.2) is 40.2 Å². The Morgan fingerprint density at radius 1 is 1.08 bits per heavy atom. The minimum atomic E-state index is -0.144. The van der Waals surface area contributed by atoms with E-state index in [0.29, 0.717) is 13.2 Å². The Bertz CT molecular complexity index is 850. The summed E-state index contributed by atoms with van der Waals surface area (Å²) in [5.74, 6) is 0.844. The Balaban J connectivity index is 1.46. The highest BCUT2D eigenvalue weighted by molar-refractivity contribution is 5.28. The summed E-state index contributed by atoms with van der Waals surface area (Å²) in [5, 5.41) is 8.62. The molecule has 0 amide bonds. The molecule has 1 aliphatic heterocycles. The van der Waals surface area contributed by atoms with Gasteiger partial charge in [-0.25, -0.2) is 4.68 Å². The number of methoxy groups -OCH3 is 1. The zero-order chi connectivity index (χ0) is 17.8. The molecular weight excluding hydrogens is 328 g/mol. The highest BCUT2D eigenvalue weighted by Gasteiger charge is 2.29. The summed E-state index contributed by atoms with van der Waals surface area (Å²) < 4.78 is 13.0. The van der Waals surface area contributed by atoms with E-state index in [-0.39, 0.29) is 6.23 Å². The third-order valence-electron chi connectivity index (χ3n) is 4.50. The van der Waals surface area contributed by atoms with Gasteiger partial charge in [0.15, 0.2) is 6.23 Å². The maximum atomic E-state index is 5.91. The third-order valence-corrected chi connectivity index (χ3v) is 4.50. The van der Waals surface area contributed by atoms with Crippen molar-refractivity contribution >= 4 is 0 Å². The Morgan fingerprint density at radius 3 is 2.77 bits per heavy atom. The van der Waals surface area contributed by atoms with Gasteiger partial charge in [-0.1, -0.05) is 47.7 Å². The fourth-order valence-electron chi connectivity index (χ4n) is 3.22. The minimum Gasteiger partial charge on any atom is -0.497 e. The number of aromatic nitrogens is 3. The first kappa shape index (κ1) is 16.8. The Labute approximate surface area is 153 Å². The predicted octanol–water partition coefficient (Wildman–Crippen LogP) is 2.87. The molecule has 0 unspecified atom stereocenters. The maximum absolute atomic E-state index is 5.91. The second-order valence-electron chi connectivity index (χ2n) is 6.37. The lowest BCUT2D eigenvalue weighted by atomic mass is 10.2. The molecule has 26 heavy (non-hydrogen) atoms. The van der Waals surface area contributed by atoms with Gasteiger partial charge in [-0.3, -0.25) is 4.90 Å². The average molecular weight is 350 g/mol. The van der Waals surface area contributed by atoms with Gasteiger partial charge in [0.1, 0.15) is 11.4 Å². The van der Waals surface area contributed by atoms with Crippen LogP contribution < -0.4 is 4.74 Å². The molecule has 1 fully saturated rings. The van der Waals surface area contributed by atoms with E-state index in [1.165, 1.54) is 5.56 Å². The van der Waals surface area contributed by atoms with Crippen LogP contribution in [0.25, 0.3) is 0 Å². The first-order valence-corrected chi connectivity index (χ1v) is 8.74. The quantitative estimate of drug-likeness (QED) is 0.684. The lowest BCUT2D eigenvalue weighted by Crippen LogP contribution is -2.23. The molecule has 0 bridgehead atoms. The van der Waals surface area contributed by atoms with E-state index in [9.17, 15) is 0 Å². The van der Waals surface area contributed by atoms with Crippen LogP contribution in [0.5, 0.6) is 5.75 Å². The molecule has 0 aliphatic carbocycles. The number of hydrogen-bond acceptors (Lipinski definition) is 5. The van der Waals surface area contributed by atoms with Crippen molar-refractivity contribution in [2.45, 2.75) is 19.3 Å². The van der Waals surface area contributed by atoms with Crippen LogP contribution in [0.4, 0.5) is 0 Å². The van der Waals surface area contributed by atoms with Gasteiger partial charge in [0.2, 0.25) is 0 Å². The maximum Gasteiger partial charge on any atom is 0.157 e. The topological polar surface area (TPSA) is 52.4 Å². The van der Waals surface area contributed by atoms with Crippen molar-refractivity contribution in [3.05, 3.63) is 77.6 Å². The molecule has 0 saturated carbocycles. The van der Waals surface area contributed by atoms with Crippen molar-refractivity contribution in [3.8, 4) is 5.75 Å². The van der Waals surface area contributed by atoms with Crippen molar-refractivity contribution in [1.29, 1.82) is 0 Å². The Kier molecular flexibility index (Phi) is 4.95. The molecule has 0 radical (unpaired) electrons. The number of hydrogen-bond donors (Lipinski definition) is 0. The second-order valence-corrected chi connectivity index (χ2v) is 6.37. The monoisotopic (exact) mass is 350 g/mol. The van der Waals surface area contributed by atoms with Gasteiger partial charge in [0.05, 0.1) is 26.5 Å². The van der Waals surface area contributed by atoms with E-state index in [0.717, 1.165) is 30.1 Å². The molecule has 6 nitrogen and oxygen atoms in total. The summed E-state index contributed by atoms with van der Waals surface area (Å²) in [7, 11) is 1.67. The molecule has 134 valence electrons. The molecule has 0 N–H and O–H groups in total. The first-order valence-electron chi connectivity index (χ1n) is 8.74. The summed E-state index contributed by atoms with van der Waals surface area (Å²) >= 11 is 0. The number of ether oxygens (including phenoxy) is 2. The second kappa shape index (κ2) is 7.68. The van der Waals surface area contributed by atoms with Crippen molar-refractivity contribution < 1.29 is 9.47 Å². The van der Waals surface area contributed by atoms with E-state index < -0.39 is 0 Å². The van der Waals surface area contributed by atoms with Gasteiger partial charge >= 0.3 is 0 Å². The molecule has 3 aromatic rings. The van der Waals surface area contributed by atoms with Crippen LogP contribution in [0.1, 0.15) is 23.0 Å². The van der Waals surface area contributed by atoms with Crippen LogP contribution in [0, 0.1) is 0 Å². The Hall–Kier alpha value is -2.70. The van der Waals surface area contributed by atoms with E-state index in [4.69, 9.17) is 9.47 Å². The zero-order valence-electron chi connectivity index (χ0n) is 14.8. The van der Waals surface area contributed by atoms with Crippen LogP contribution in [0.2, 0.25) is 0 Å². The van der Waals surface area contributed by atoms with Crippen molar-refractivity contribution in [2.75, 3.05) is 20.3 Å². The van der Waals surface area contributed by atoms with Crippen LogP contribution >= 0.6 is 0 Å². The van der Waals surface area contributed by atoms with Gasteiger partial charge < -0.3 is 9.47 Å². The van der Waals surface area contributed by atoms with Crippen molar-refractivity contribution in [2.24, 2.45) is 0 Å². The summed E-state index contributed by atoms with van der Waals surface area (Å²) in [6, 6.07) is 18.4. The smallest absolute Gasteiger partial charge is 0.157 e. The lowest BCUT2D eigenvalue weighted by Gasteiger charge is -2.20. The van der Waals surface area contributed by atoms with Gasteiger partial charge in [-0.05, 0) is 23.3 Å². The molecule has 0 spiro atoms. The third kappa shape index (κ3) is 3.76. The summed E-state index contributed by atoms with van der Waals surface area (Å²) in [4.78, 5) is 2.29. The number of nitrogens with zero attached hydrogens (tertiary/aromatic N) is 4. The summed E-state index contributed by atoms with van der Waals surface area (Å²) in [6.45, 7) is 3.09. The lowest BCUT2D eigenvalue weighted by molar-refractivity contribution is 0.0252. The molecule has 4 rings (SSSR count). The molecule has 1 aliphatic rings. The fourth-order valence-corrected chi connectivity index (χ4v) is 3.22. The molecule has 2 aromatic carbocycles. The first-order chi connectivity index (χ1) is 12.8. The van der Waals surface area contributed by atoms with E-state index >= 15 is 0 Å². The standard InChI is InChI=1S/C20H22N4O2/c1-25-18-9-5-8-17(12-18)14-24-15-19(21-22-24)20-23(10-11-26-20)13-16-6-3-2-4-7-16/h2-9,12,15,20H,10-11,13-14H2,1H3/t20-/m1/s1. The summed E-state index contributed by atoms with van der Waals surface area (Å²) in [6.07, 6.45) is 1.82. The normalized spacial score (nSPS) is 17.5. The highest BCUT2D eigenvalue weighted by atomic mass is 16.5. The molecule has 1 atom stereocenters. The molecule has 6 heteroatoms. The van der Waals surface area contributed by atoms with E-state index in [1.807, 2.05) is 35.1 Å². The Morgan fingerprint density at radius 2 is 1.92 bits per heavy atom. The van der Waals surface area contributed by atoms with Crippen LogP contribution in [-0.2, 0) is 17.8 Å². The minimum absolute atomic E-state index is 0.144. The van der Waals surface area contributed by atoms with Gasteiger partial charge in [0.25, 0.3) is 0 Å². The fraction of sp³-hybridized carbons (Fsp3) is 0.300. The molecular formula is C20H22N4O2. The predicted molar refractivity (Wildman–Crippen MR) is 97.7 cm³/mol. The molecule has 1 saturated heterocycles. The van der Waals surface area contributed by atoms with Gasteiger partial charge in [-0.2, -0.15) is 0 Å². The summed E-state index contributed by atoms with van der Waals surface area (Å²) in [5.41, 5.74) is 3.24. The van der Waals surface area contributed by atoms with E-state index in [1.54, 1.807) is 7.11 Å². The SMILES string of the molecule is COc1cccc(Cn2cc([C@H]3OCCN3Cc3ccccc3)nn2)c1.